The van der Waals surface area contributed by atoms with Crippen LogP contribution < -0.4 is 8.92 Å². The number of ether oxygens (including phenoxy) is 3. The number of carbonyl (C=O) groups excluding carboxylic acids is 2. The van der Waals surface area contributed by atoms with Crippen molar-refractivity contribution in [2.75, 3.05) is 13.7 Å². The van der Waals surface area contributed by atoms with Crippen LogP contribution in [0.15, 0.2) is 41.3 Å². The lowest BCUT2D eigenvalue weighted by molar-refractivity contribution is -0.159. The van der Waals surface area contributed by atoms with Gasteiger partial charge in [-0.1, -0.05) is 17.7 Å². The highest BCUT2D eigenvalue weighted by atomic mass is 32.2. The third-order valence-electron chi connectivity index (χ3n) is 4.42. The van der Waals surface area contributed by atoms with Crippen LogP contribution in [0, 0.1) is 6.92 Å². The van der Waals surface area contributed by atoms with Crippen LogP contribution in [0.3, 0.4) is 0 Å². The number of fused-ring (bicyclic) bond motifs is 1. The fraction of sp³-hybridized carbons (Fsp3) is 0.300. The van der Waals surface area contributed by atoms with Gasteiger partial charge < -0.3 is 23.5 Å². The van der Waals surface area contributed by atoms with Gasteiger partial charge in [-0.15, -0.1) is 0 Å². The van der Waals surface area contributed by atoms with E-state index in [4.69, 9.17) is 18.4 Å². The Labute approximate surface area is 173 Å². The number of methoxy groups -OCH3 is 1. The number of esters is 2. The Kier molecular flexibility index (Phi) is 5.99. The Morgan fingerprint density at radius 3 is 2.47 bits per heavy atom. The van der Waals surface area contributed by atoms with Gasteiger partial charge in [-0.2, -0.15) is 8.42 Å². The molecule has 2 aromatic rings. The molecule has 0 spiro atoms. The number of benzene rings is 2. The molecule has 160 valence electrons. The lowest BCUT2D eigenvalue weighted by Crippen LogP contribution is -2.30. The summed E-state index contributed by atoms with van der Waals surface area (Å²) in [5, 5.41) is 10.2. The van der Waals surface area contributed by atoms with Crippen molar-refractivity contribution < 1.29 is 41.5 Å². The van der Waals surface area contributed by atoms with Crippen molar-refractivity contribution in [1.82, 2.24) is 0 Å². The zero-order valence-electron chi connectivity index (χ0n) is 16.4. The average Bonchev–Trinajstić information content (AvgIpc) is 3.02. The van der Waals surface area contributed by atoms with Crippen molar-refractivity contribution in [3.63, 3.8) is 0 Å². The summed E-state index contributed by atoms with van der Waals surface area (Å²) in [7, 11) is -2.94. The van der Waals surface area contributed by atoms with Gasteiger partial charge in [-0.05, 0) is 38.1 Å². The van der Waals surface area contributed by atoms with E-state index in [-0.39, 0.29) is 34.1 Å². The number of aryl methyl sites for hydroxylation is 1. The van der Waals surface area contributed by atoms with Crippen LogP contribution in [-0.4, -0.2) is 45.3 Å². The number of rotatable bonds is 7. The first-order valence-electron chi connectivity index (χ1n) is 8.96. The molecule has 10 heteroatoms. The third kappa shape index (κ3) is 4.10. The van der Waals surface area contributed by atoms with Gasteiger partial charge in [-0.25, -0.2) is 9.59 Å². The van der Waals surface area contributed by atoms with Crippen molar-refractivity contribution in [2.24, 2.45) is 0 Å². The fourth-order valence-corrected chi connectivity index (χ4v) is 3.84. The van der Waals surface area contributed by atoms with Gasteiger partial charge in [-0.3, -0.25) is 0 Å². The highest BCUT2D eigenvalue weighted by Gasteiger charge is 2.41. The van der Waals surface area contributed by atoms with E-state index in [9.17, 15) is 23.1 Å². The molecule has 1 heterocycles. The molecule has 1 N–H and O–H groups in total. The lowest BCUT2D eigenvalue weighted by Gasteiger charge is -2.17. The molecule has 0 bridgehead atoms. The SMILES string of the molecule is CCOC(=O)[C@@H](O)[C@@H]1OC(=O)c2cc(OC)c(OS(=O)(=O)c3ccc(C)cc3)cc21. The van der Waals surface area contributed by atoms with Crippen LogP contribution in [-0.2, 0) is 24.4 Å². The van der Waals surface area contributed by atoms with Crippen molar-refractivity contribution >= 4 is 22.1 Å². The molecule has 30 heavy (non-hydrogen) atoms. The topological polar surface area (TPSA) is 125 Å². The van der Waals surface area contributed by atoms with E-state index in [2.05, 4.69) is 0 Å². The minimum Gasteiger partial charge on any atom is -0.493 e. The predicted octanol–water partition coefficient (Wildman–Crippen LogP) is 1.91. The van der Waals surface area contributed by atoms with Gasteiger partial charge in [0.1, 0.15) is 4.90 Å². The second-order valence-electron chi connectivity index (χ2n) is 6.46. The van der Waals surface area contributed by atoms with Crippen molar-refractivity contribution in [3.8, 4) is 11.5 Å². The molecule has 1 aliphatic rings. The zero-order chi connectivity index (χ0) is 22.1. The molecule has 0 saturated carbocycles. The molecule has 0 fully saturated rings. The van der Waals surface area contributed by atoms with E-state index in [0.717, 1.165) is 5.56 Å². The van der Waals surface area contributed by atoms with Gasteiger partial charge in [0.15, 0.2) is 23.7 Å². The minimum absolute atomic E-state index is 0.0142. The Hall–Kier alpha value is -3.11. The van der Waals surface area contributed by atoms with Crippen LogP contribution in [0.4, 0.5) is 0 Å². The summed E-state index contributed by atoms with van der Waals surface area (Å²) in [6.07, 6.45) is -3.16. The molecule has 0 radical (unpaired) electrons. The fourth-order valence-electron chi connectivity index (χ4n) is 2.91. The summed E-state index contributed by atoms with van der Waals surface area (Å²) in [4.78, 5) is 24.0. The molecule has 1 aliphatic heterocycles. The first-order valence-corrected chi connectivity index (χ1v) is 10.4. The lowest BCUT2D eigenvalue weighted by atomic mass is 10.0. The van der Waals surface area contributed by atoms with Crippen molar-refractivity contribution in [3.05, 3.63) is 53.1 Å². The summed E-state index contributed by atoms with van der Waals surface area (Å²) in [5.74, 6) is -2.04. The third-order valence-corrected chi connectivity index (χ3v) is 5.67. The van der Waals surface area contributed by atoms with E-state index in [1.807, 2.05) is 6.92 Å². The van der Waals surface area contributed by atoms with Crippen LogP contribution in [0.25, 0.3) is 0 Å². The summed E-state index contributed by atoms with van der Waals surface area (Å²) in [5.41, 5.74) is 0.964. The molecule has 0 saturated heterocycles. The van der Waals surface area contributed by atoms with E-state index in [0.29, 0.717) is 0 Å². The molecule has 2 aromatic carbocycles. The van der Waals surface area contributed by atoms with Gasteiger partial charge in [0.25, 0.3) is 0 Å². The molecule has 2 atom stereocenters. The Morgan fingerprint density at radius 2 is 1.87 bits per heavy atom. The molecule has 0 aromatic heterocycles. The van der Waals surface area contributed by atoms with E-state index in [1.54, 1.807) is 19.1 Å². The highest BCUT2D eigenvalue weighted by molar-refractivity contribution is 7.87. The monoisotopic (exact) mass is 436 g/mol. The first-order chi connectivity index (χ1) is 14.2. The van der Waals surface area contributed by atoms with Gasteiger partial charge in [0, 0.05) is 5.56 Å². The maximum absolute atomic E-state index is 12.7. The summed E-state index contributed by atoms with van der Waals surface area (Å²) in [6.45, 7) is 3.40. The maximum atomic E-state index is 12.7. The predicted molar refractivity (Wildman–Crippen MR) is 103 cm³/mol. The quantitative estimate of drug-likeness (QED) is 0.512. The largest absolute Gasteiger partial charge is 0.493 e. The second-order valence-corrected chi connectivity index (χ2v) is 8.01. The van der Waals surface area contributed by atoms with Gasteiger partial charge >= 0.3 is 22.1 Å². The molecular formula is C20H20O9S. The molecule has 0 aliphatic carbocycles. The molecule has 9 nitrogen and oxygen atoms in total. The smallest absolute Gasteiger partial charge is 0.339 e. The number of cyclic esters (lactones) is 1. The summed E-state index contributed by atoms with van der Waals surface area (Å²) in [6, 6.07) is 8.45. The van der Waals surface area contributed by atoms with Crippen LogP contribution in [0.1, 0.15) is 34.5 Å². The number of aliphatic hydroxyl groups excluding tert-OH is 1. The number of carbonyl (C=O) groups is 2. The van der Waals surface area contributed by atoms with E-state index >= 15 is 0 Å². The van der Waals surface area contributed by atoms with Crippen LogP contribution >= 0.6 is 0 Å². The maximum Gasteiger partial charge on any atom is 0.339 e. The summed E-state index contributed by atoms with van der Waals surface area (Å²) >= 11 is 0. The van der Waals surface area contributed by atoms with Gasteiger partial charge in [0.05, 0.1) is 19.3 Å². The van der Waals surface area contributed by atoms with Crippen molar-refractivity contribution in [1.29, 1.82) is 0 Å². The normalized spacial score (nSPS) is 16.4. The molecular weight excluding hydrogens is 416 g/mol. The first kappa shape index (κ1) is 21.6. The van der Waals surface area contributed by atoms with Gasteiger partial charge in [0.2, 0.25) is 0 Å². The Bertz CT molecular complexity index is 1070. The van der Waals surface area contributed by atoms with E-state index < -0.39 is 34.3 Å². The molecule has 0 amide bonds. The Morgan fingerprint density at radius 1 is 1.20 bits per heavy atom. The molecule has 0 unspecified atom stereocenters. The number of aliphatic hydroxyl groups is 1. The summed E-state index contributed by atoms with van der Waals surface area (Å²) < 4.78 is 45.5. The highest BCUT2D eigenvalue weighted by Crippen LogP contribution is 2.41. The molecule has 3 rings (SSSR count). The zero-order valence-corrected chi connectivity index (χ0v) is 17.3. The number of hydrogen-bond acceptors (Lipinski definition) is 9. The van der Waals surface area contributed by atoms with Crippen LogP contribution in [0.2, 0.25) is 0 Å². The standard InChI is InChI=1S/C20H20O9S/c1-4-27-20(23)17(21)18-13-9-16(15(26-3)10-14(13)19(22)28-18)29-30(24,25)12-7-5-11(2)6-8-12/h5-10,17-18,21H,4H2,1-3H3/t17-,18+/m0/s1. The minimum atomic E-state index is -4.22. The van der Waals surface area contributed by atoms with Crippen LogP contribution in [0.5, 0.6) is 11.5 Å². The van der Waals surface area contributed by atoms with E-state index in [1.165, 1.54) is 31.4 Å². The number of hydrogen-bond donors (Lipinski definition) is 1. The average molecular weight is 436 g/mol. The Balaban J connectivity index is 2.00. The van der Waals surface area contributed by atoms with Crippen molar-refractivity contribution in [2.45, 2.75) is 31.0 Å². The second kappa shape index (κ2) is 8.33.